The molecular weight excluding hydrogens is 328 g/mol. The molecule has 2 aromatic rings. The van der Waals surface area contributed by atoms with E-state index in [0.29, 0.717) is 24.2 Å². The maximum Gasteiger partial charge on any atom is 0.290 e. The SMILES string of the molecule is Cl.O=C(NCCC1CCCNC1)c1ccc(Oc2ccccc2)o1. The van der Waals surface area contributed by atoms with Gasteiger partial charge in [0.05, 0.1) is 0 Å². The van der Waals surface area contributed by atoms with Crippen LogP contribution in [-0.4, -0.2) is 25.5 Å². The fourth-order valence-corrected chi connectivity index (χ4v) is 2.75. The van der Waals surface area contributed by atoms with Crippen LogP contribution < -0.4 is 15.4 Å². The number of nitrogens with one attached hydrogen (secondary N) is 2. The molecule has 0 spiro atoms. The van der Waals surface area contributed by atoms with Crippen molar-refractivity contribution >= 4 is 18.3 Å². The van der Waals surface area contributed by atoms with Crippen LogP contribution in [0.1, 0.15) is 29.8 Å². The minimum absolute atomic E-state index is 0. The Kier molecular flexibility index (Phi) is 7.15. The Labute approximate surface area is 148 Å². The van der Waals surface area contributed by atoms with Crippen molar-refractivity contribution in [2.75, 3.05) is 19.6 Å². The van der Waals surface area contributed by atoms with Crippen LogP contribution >= 0.6 is 12.4 Å². The number of piperidine rings is 1. The van der Waals surface area contributed by atoms with Crippen molar-refractivity contribution in [3.63, 3.8) is 0 Å². The summed E-state index contributed by atoms with van der Waals surface area (Å²) in [5, 5.41) is 6.29. The van der Waals surface area contributed by atoms with E-state index in [9.17, 15) is 4.79 Å². The van der Waals surface area contributed by atoms with Gasteiger partial charge in [-0.05, 0) is 56.5 Å². The normalized spacial score (nSPS) is 16.9. The zero-order valence-corrected chi connectivity index (χ0v) is 14.3. The molecule has 2 heterocycles. The van der Waals surface area contributed by atoms with Gasteiger partial charge in [-0.3, -0.25) is 4.79 Å². The standard InChI is InChI=1S/C18H22N2O3.ClH/c21-18(20-12-10-14-5-4-11-19-13-14)16-8-9-17(23-16)22-15-6-2-1-3-7-15;/h1-3,6-9,14,19H,4-5,10-13H2,(H,20,21);1H. The van der Waals surface area contributed by atoms with Gasteiger partial charge in [0.25, 0.3) is 11.9 Å². The average Bonchev–Trinajstić information content (AvgIpc) is 3.05. The maximum atomic E-state index is 12.1. The minimum atomic E-state index is -0.198. The van der Waals surface area contributed by atoms with Crippen LogP contribution in [0.2, 0.25) is 0 Å². The molecule has 6 heteroatoms. The molecule has 0 aliphatic carbocycles. The van der Waals surface area contributed by atoms with Crippen LogP contribution in [0.4, 0.5) is 0 Å². The van der Waals surface area contributed by atoms with Gasteiger partial charge in [0.15, 0.2) is 5.76 Å². The highest BCUT2D eigenvalue weighted by molar-refractivity contribution is 5.91. The Balaban J connectivity index is 0.00000208. The maximum absolute atomic E-state index is 12.1. The summed E-state index contributed by atoms with van der Waals surface area (Å²) in [7, 11) is 0. The van der Waals surface area contributed by atoms with E-state index in [-0.39, 0.29) is 24.1 Å². The number of ether oxygens (including phenoxy) is 1. The van der Waals surface area contributed by atoms with E-state index in [4.69, 9.17) is 9.15 Å². The highest BCUT2D eigenvalue weighted by atomic mass is 35.5. The minimum Gasteiger partial charge on any atom is -0.426 e. The van der Waals surface area contributed by atoms with Gasteiger partial charge in [-0.15, -0.1) is 12.4 Å². The van der Waals surface area contributed by atoms with Crippen molar-refractivity contribution in [3.8, 4) is 11.7 Å². The highest BCUT2D eigenvalue weighted by Crippen LogP contribution is 2.23. The number of amides is 1. The summed E-state index contributed by atoms with van der Waals surface area (Å²) in [5.74, 6) is 1.73. The Bertz CT molecular complexity index is 624. The number of hydrogen-bond acceptors (Lipinski definition) is 4. The fourth-order valence-electron chi connectivity index (χ4n) is 2.75. The number of para-hydroxylation sites is 1. The number of carbonyl (C=O) groups excluding carboxylic acids is 1. The van der Waals surface area contributed by atoms with Gasteiger partial charge in [-0.1, -0.05) is 18.2 Å². The van der Waals surface area contributed by atoms with E-state index < -0.39 is 0 Å². The molecule has 1 unspecified atom stereocenters. The smallest absolute Gasteiger partial charge is 0.290 e. The number of furan rings is 1. The summed E-state index contributed by atoms with van der Waals surface area (Å²) in [5.41, 5.74) is 0. The number of carbonyl (C=O) groups is 1. The molecule has 1 amide bonds. The Hall–Kier alpha value is -1.98. The van der Waals surface area contributed by atoms with Crippen molar-refractivity contribution in [1.29, 1.82) is 0 Å². The van der Waals surface area contributed by atoms with Crippen molar-refractivity contribution in [1.82, 2.24) is 10.6 Å². The second-order valence-electron chi connectivity index (χ2n) is 5.79. The van der Waals surface area contributed by atoms with Gasteiger partial charge in [0.2, 0.25) is 0 Å². The molecule has 130 valence electrons. The Morgan fingerprint density at radius 3 is 2.83 bits per heavy atom. The van der Waals surface area contributed by atoms with Crippen LogP contribution in [0.3, 0.4) is 0 Å². The number of rotatable bonds is 6. The van der Waals surface area contributed by atoms with Crippen LogP contribution in [0.15, 0.2) is 46.9 Å². The number of halogens is 1. The highest BCUT2D eigenvalue weighted by Gasteiger charge is 2.15. The first-order valence-electron chi connectivity index (χ1n) is 8.13. The molecule has 1 saturated heterocycles. The van der Waals surface area contributed by atoms with Crippen molar-refractivity contribution in [2.45, 2.75) is 19.3 Å². The van der Waals surface area contributed by atoms with E-state index in [0.717, 1.165) is 19.5 Å². The second kappa shape index (κ2) is 9.35. The molecule has 1 fully saturated rings. The first-order valence-corrected chi connectivity index (χ1v) is 8.13. The van der Waals surface area contributed by atoms with Gasteiger partial charge in [-0.2, -0.15) is 0 Å². The largest absolute Gasteiger partial charge is 0.426 e. The van der Waals surface area contributed by atoms with Gasteiger partial charge in [-0.25, -0.2) is 0 Å². The number of hydrogen-bond donors (Lipinski definition) is 2. The molecule has 3 rings (SSSR count). The Morgan fingerprint density at radius 1 is 1.25 bits per heavy atom. The molecule has 0 bridgehead atoms. The summed E-state index contributed by atoms with van der Waals surface area (Å²) < 4.78 is 11.0. The third-order valence-corrected chi connectivity index (χ3v) is 4.00. The lowest BCUT2D eigenvalue weighted by Gasteiger charge is -2.22. The van der Waals surface area contributed by atoms with Crippen LogP contribution in [0.25, 0.3) is 0 Å². The van der Waals surface area contributed by atoms with Gasteiger partial charge in [0.1, 0.15) is 5.75 Å². The van der Waals surface area contributed by atoms with E-state index in [1.54, 1.807) is 12.1 Å². The third kappa shape index (κ3) is 5.28. The molecule has 0 saturated carbocycles. The quantitative estimate of drug-likeness (QED) is 0.835. The van der Waals surface area contributed by atoms with Crippen LogP contribution in [-0.2, 0) is 0 Å². The molecule has 1 aromatic carbocycles. The summed E-state index contributed by atoms with van der Waals surface area (Å²) in [6, 6.07) is 12.6. The Morgan fingerprint density at radius 2 is 2.08 bits per heavy atom. The number of benzene rings is 1. The lowest BCUT2D eigenvalue weighted by molar-refractivity contribution is 0.0918. The van der Waals surface area contributed by atoms with Crippen LogP contribution in [0, 0.1) is 5.92 Å². The molecule has 1 atom stereocenters. The van der Waals surface area contributed by atoms with Crippen molar-refractivity contribution < 1.29 is 13.9 Å². The monoisotopic (exact) mass is 350 g/mol. The molecule has 5 nitrogen and oxygen atoms in total. The van der Waals surface area contributed by atoms with Gasteiger partial charge < -0.3 is 19.8 Å². The average molecular weight is 351 g/mol. The topological polar surface area (TPSA) is 63.5 Å². The molecule has 1 aromatic heterocycles. The van der Waals surface area contributed by atoms with Gasteiger partial charge >= 0.3 is 0 Å². The van der Waals surface area contributed by atoms with E-state index in [2.05, 4.69) is 10.6 Å². The fraction of sp³-hybridized carbons (Fsp3) is 0.389. The lowest BCUT2D eigenvalue weighted by Crippen LogP contribution is -2.33. The first kappa shape index (κ1) is 18.4. The predicted molar refractivity (Wildman–Crippen MR) is 95.0 cm³/mol. The predicted octanol–water partition coefficient (Wildman–Crippen LogP) is 3.61. The third-order valence-electron chi connectivity index (χ3n) is 4.00. The molecule has 1 aliphatic heterocycles. The molecule has 1 aliphatic rings. The van der Waals surface area contributed by atoms with Crippen molar-refractivity contribution in [2.24, 2.45) is 5.92 Å². The van der Waals surface area contributed by atoms with Crippen molar-refractivity contribution in [3.05, 3.63) is 48.2 Å². The van der Waals surface area contributed by atoms with Gasteiger partial charge in [0, 0.05) is 12.6 Å². The van der Waals surface area contributed by atoms with E-state index >= 15 is 0 Å². The first-order chi connectivity index (χ1) is 11.3. The molecule has 0 radical (unpaired) electrons. The van der Waals surface area contributed by atoms with Crippen LogP contribution in [0.5, 0.6) is 11.7 Å². The summed E-state index contributed by atoms with van der Waals surface area (Å²) in [4.78, 5) is 12.1. The second-order valence-corrected chi connectivity index (χ2v) is 5.79. The zero-order valence-electron chi connectivity index (χ0n) is 13.5. The molecular formula is C18H23ClN2O3. The summed E-state index contributed by atoms with van der Waals surface area (Å²) in [6.45, 7) is 2.83. The summed E-state index contributed by atoms with van der Waals surface area (Å²) >= 11 is 0. The lowest BCUT2D eigenvalue weighted by atomic mass is 9.96. The molecule has 2 N–H and O–H groups in total. The van der Waals surface area contributed by atoms with E-state index in [1.165, 1.54) is 12.8 Å². The zero-order chi connectivity index (χ0) is 15.9. The van der Waals surface area contributed by atoms with E-state index in [1.807, 2.05) is 30.3 Å². The molecule has 24 heavy (non-hydrogen) atoms. The summed E-state index contributed by atoms with van der Waals surface area (Å²) in [6.07, 6.45) is 3.45.